The number of nitrogens with zero attached hydrogens (tertiary/aromatic N) is 4. The van der Waals surface area contributed by atoms with Crippen molar-refractivity contribution >= 4 is 17.2 Å². The van der Waals surface area contributed by atoms with Gasteiger partial charge in [-0.25, -0.2) is 0 Å². The molecule has 4 heteroatoms. The predicted octanol–water partition coefficient (Wildman–Crippen LogP) is 3.64. The highest BCUT2D eigenvalue weighted by Crippen LogP contribution is 2.32. The predicted molar refractivity (Wildman–Crippen MR) is 108 cm³/mol. The Morgan fingerprint density at radius 3 is 1.56 bits per heavy atom. The van der Waals surface area contributed by atoms with Gasteiger partial charge < -0.3 is 14.7 Å². The van der Waals surface area contributed by atoms with Crippen LogP contribution in [0.2, 0.25) is 0 Å². The lowest BCUT2D eigenvalue weighted by Gasteiger charge is -2.31. The Morgan fingerprint density at radius 1 is 0.800 bits per heavy atom. The lowest BCUT2D eigenvalue weighted by molar-refractivity contribution is 0.387. The van der Waals surface area contributed by atoms with Gasteiger partial charge in [0.1, 0.15) is 0 Å². The van der Waals surface area contributed by atoms with Gasteiger partial charge in [-0.2, -0.15) is 0 Å². The SMILES string of the molecule is CC1=NCCN1C(c1ccc(N(C)C)cc1)c1ccc(N(C)C)cc1. The van der Waals surface area contributed by atoms with E-state index in [2.05, 4.69) is 103 Å². The average Bonchev–Trinajstić information content (AvgIpc) is 3.02. The highest BCUT2D eigenvalue weighted by atomic mass is 15.3. The molecule has 0 radical (unpaired) electrons. The Morgan fingerprint density at radius 2 is 1.24 bits per heavy atom. The molecular weight excluding hydrogens is 308 g/mol. The van der Waals surface area contributed by atoms with Crippen molar-refractivity contribution in [2.45, 2.75) is 13.0 Å². The van der Waals surface area contributed by atoms with Gasteiger partial charge in [-0.1, -0.05) is 24.3 Å². The number of rotatable bonds is 5. The first-order chi connectivity index (χ1) is 12.0. The Labute approximate surface area is 151 Å². The summed E-state index contributed by atoms with van der Waals surface area (Å²) in [6, 6.07) is 17.9. The highest BCUT2D eigenvalue weighted by molar-refractivity contribution is 5.82. The number of hydrogen-bond donors (Lipinski definition) is 0. The Hall–Kier alpha value is -2.49. The van der Waals surface area contributed by atoms with E-state index < -0.39 is 0 Å². The number of aliphatic imine (C=N–C) groups is 1. The van der Waals surface area contributed by atoms with E-state index >= 15 is 0 Å². The smallest absolute Gasteiger partial charge is 0.0966 e. The average molecular weight is 336 g/mol. The van der Waals surface area contributed by atoms with Gasteiger partial charge in [0.15, 0.2) is 0 Å². The van der Waals surface area contributed by atoms with Crippen molar-refractivity contribution in [2.75, 3.05) is 51.1 Å². The van der Waals surface area contributed by atoms with Crippen LogP contribution in [-0.2, 0) is 0 Å². The summed E-state index contributed by atoms with van der Waals surface area (Å²) in [5, 5.41) is 0. The summed E-state index contributed by atoms with van der Waals surface area (Å²) in [5.41, 5.74) is 5.05. The monoisotopic (exact) mass is 336 g/mol. The minimum atomic E-state index is 0.207. The molecule has 0 saturated heterocycles. The van der Waals surface area contributed by atoms with Crippen molar-refractivity contribution in [1.29, 1.82) is 0 Å². The molecule has 0 saturated carbocycles. The molecule has 0 spiro atoms. The summed E-state index contributed by atoms with van der Waals surface area (Å²) in [4.78, 5) is 11.3. The van der Waals surface area contributed by atoms with Crippen LogP contribution in [0.1, 0.15) is 24.1 Å². The molecule has 2 aromatic carbocycles. The second-order valence-electron chi connectivity index (χ2n) is 7.00. The van der Waals surface area contributed by atoms with Gasteiger partial charge in [0.25, 0.3) is 0 Å². The van der Waals surface area contributed by atoms with Crippen LogP contribution in [0.15, 0.2) is 53.5 Å². The number of benzene rings is 2. The molecule has 1 heterocycles. The first-order valence-electron chi connectivity index (χ1n) is 8.79. The highest BCUT2D eigenvalue weighted by Gasteiger charge is 2.26. The van der Waals surface area contributed by atoms with E-state index in [0.29, 0.717) is 0 Å². The van der Waals surface area contributed by atoms with Crippen molar-refractivity contribution in [2.24, 2.45) is 4.99 Å². The van der Waals surface area contributed by atoms with E-state index in [9.17, 15) is 0 Å². The summed E-state index contributed by atoms with van der Waals surface area (Å²) >= 11 is 0. The van der Waals surface area contributed by atoms with E-state index in [1.54, 1.807) is 0 Å². The molecule has 0 atom stereocenters. The van der Waals surface area contributed by atoms with E-state index in [4.69, 9.17) is 0 Å². The van der Waals surface area contributed by atoms with E-state index in [0.717, 1.165) is 18.9 Å². The third-order valence-electron chi connectivity index (χ3n) is 4.86. The zero-order chi connectivity index (χ0) is 18.0. The van der Waals surface area contributed by atoms with Crippen molar-refractivity contribution in [3.05, 3.63) is 59.7 Å². The summed E-state index contributed by atoms with van der Waals surface area (Å²) in [6.45, 7) is 3.97. The molecule has 3 rings (SSSR count). The molecule has 0 aromatic heterocycles. The van der Waals surface area contributed by atoms with Gasteiger partial charge in [-0.15, -0.1) is 0 Å². The zero-order valence-electron chi connectivity index (χ0n) is 15.9. The van der Waals surface area contributed by atoms with Gasteiger partial charge in [0, 0.05) is 46.1 Å². The molecule has 0 unspecified atom stereocenters. The van der Waals surface area contributed by atoms with Crippen LogP contribution in [-0.4, -0.2) is 52.0 Å². The van der Waals surface area contributed by atoms with Gasteiger partial charge in [-0.05, 0) is 42.3 Å². The molecule has 0 N–H and O–H groups in total. The fraction of sp³-hybridized carbons (Fsp3) is 0.381. The summed E-state index contributed by atoms with van der Waals surface area (Å²) in [6.07, 6.45) is 0. The Bertz CT molecular complexity index is 678. The molecule has 0 amide bonds. The molecule has 1 aliphatic heterocycles. The van der Waals surface area contributed by atoms with Gasteiger partial charge in [0.2, 0.25) is 0 Å². The van der Waals surface area contributed by atoms with Crippen LogP contribution >= 0.6 is 0 Å². The fourth-order valence-electron chi connectivity index (χ4n) is 3.35. The number of hydrogen-bond acceptors (Lipinski definition) is 4. The molecule has 25 heavy (non-hydrogen) atoms. The second kappa shape index (κ2) is 7.18. The summed E-state index contributed by atoms with van der Waals surface area (Å²) in [5.74, 6) is 1.12. The molecule has 1 aliphatic rings. The molecular formula is C21H28N4. The second-order valence-corrected chi connectivity index (χ2v) is 7.00. The normalized spacial score (nSPS) is 14.0. The molecule has 4 nitrogen and oxygen atoms in total. The molecule has 0 aliphatic carbocycles. The van der Waals surface area contributed by atoms with Crippen LogP contribution in [0, 0.1) is 0 Å². The standard InChI is InChI=1S/C21H28N4/c1-16-22-14-15-25(16)21(17-6-10-19(11-7-17)23(2)3)18-8-12-20(13-9-18)24(4)5/h6-13,21H,14-15H2,1-5H3. The van der Waals surface area contributed by atoms with Crippen LogP contribution < -0.4 is 9.80 Å². The van der Waals surface area contributed by atoms with E-state index in [1.165, 1.54) is 22.5 Å². The van der Waals surface area contributed by atoms with Crippen LogP contribution in [0.4, 0.5) is 11.4 Å². The quantitative estimate of drug-likeness (QED) is 0.832. The zero-order valence-corrected chi connectivity index (χ0v) is 15.9. The maximum Gasteiger partial charge on any atom is 0.0966 e. The maximum absolute atomic E-state index is 4.61. The summed E-state index contributed by atoms with van der Waals surface area (Å²) in [7, 11) is 8.29. The number of anilines is 2. The van der Waals surface area contributed by atoms with Gasteiger partial charge >= 0.3 is 0 Å². The number of amidine groups is 1. The van der Waals surface area contributed by atoms with Crippen LogP contribution in [0.5, 0.6) is 0 Å². The van der Waals surface area contributed by atoms with E-state index in [-0.39, 0.29) is 6.04 Å². The fourth-order valence-corrected chi connectivity index (χ4v) is 3.35. The van der Waals surface area contributed by atoms with Crippen molar-refractivity contribution in [3.63, 3.8) is 0 Å². The Balaban J connectivity index is 1.99. The van der Waals surface area contributed by atoms with Gasteiger partial charge in [-0.3, -0.25) is 4.99 Å². The molecule has 0 bridgehead atoms. The van der Waals surface area contributed by atoms with Crippen molar-refractivity contribution in [1.82, 2.24) is 4.90 Å². The molecule has 132 valence electrons. The third kappa shape index (κ3) is 3.63. The van der Waals surface area contributed by atoms with Crippen LogP contribution in [0.3, 0.4) is 0 Å². The lowest BCUT2D eigenvalue weighted by atomic mass is 9.96. The van der Waals surface area contributed by atoms with Crippen molar-refractivity contribution < 1.29 is 0 Å². The molecule has 2 aromatic rings. The first kappa shape index (κ1) is 17.3. The Kier molecular flexibility index (Phi) is 4.98. The minimum absolute atomic E-state index is 0.207. The largest absolute Gasteiger partial charge is 0.378 e. The minimum Gasteiger partial charge on any atom is -0.378 e. The van der Waals surface area contributed by atoms with Crippen molar-refractivity contribution in [3.8, 4) is 0 Å². The summed E-state index contributed by atoms with van der Waals surface area (Å²) < 4.78 is 0. The maximum atomic E-state index is 4.61. The third-order valence-corrected chi connectivity index (χ3v) is 4.86. The topological polar surface area (TPSA) is 22.1 Å². The van der Waals surface area contributed by atoms with Crippen LogP contribution in [0.25, 0.3) is 0 Å². The van der Waals surface area contributed by atoms with Gasteiger partial charge in [0.05, 0.1) is 18.4 Å². The first-order valence-corrected chi connectivity index (χ1v) is 8.79. The molecule has 0 fully saturated rings. The lowest BCUT2D eigenvalue weighted by Crippen LogP contribution is -2.31. The van der Waals surface area contributed by atoms with E-state index in [1.807, 2.05) is 0 Å².